The Kier molecular flexibility index (Phi) is 2.68. The third-order valence-corrected chi connectivity index (χ3v) is 2.75. The number of carbonyl (C=O) groups excluding carboxylic acids is 1. The molecule has 2 unspecified atom stereocenters. The molecule has 2 aliphatic heterocycles. The molecule has 0 radical (unpaired) electrons. The third kappa shape index (κ3) is 2.34. The summed E-state index contributed by atoms with van der Waals surface area (Å²) in [5, 5.41) is 6.18. The van der Waals surface area contributed by atoms with Crippen LogP contribution < -0.4 is 10.6 Å². The number of cyclic esters (lactones) is 1. The molecular weight excluding hydrogens is 168 g/mol. The van der Waals surface area contributed by atoms with Crippen LogP contribution in [-0.2, 0) is 4.74 Å². The first-order chi connectivity index (χ1) is 6.34. The van der Waals surface area contributed by atoms with Gasteiger partial charge in [0.15, 0.2) is 0 Å². The molecule has 0 aliphatic carbocycles. The third-order valence-electron chi connectivity index (χ3n) is 2.75. The van der Waals surface area contributed by atoms with Crippen LogP contribution in [0.15, 0.2) is 0 Å². The van der Waals surface area contributed by atoms with Gasteiger partial charge in [0.25, 0.3) is 0 Å². The maximum absolute atomic E-state index is 10.7. The number of ether oxygens (including phenoxy) is 1. The highest BCUT2D eigenvalue weighted by molar-refractivity contribution is 5.69. The van der Waals surface area contributed by atoms with E-state index >= 15 is 0 Å². The van der Waals surface area contributed by atoms with Crippen molar-refractivity contribution in [2.75, 3.05) is 19.7 Å². The molecule has 0 aromatic carbocycles. The molecule has 13 heavy (non-hydrogen) atoms. The maximum atomic E-state index is 10.7. The minimum Gasteiger partial charge on any atom is -0.447 e. The van der Waals surface area contributed by atoms with Crippen molar-refractivity contribution in [3.63, 3.8) is 0 Å². The van der Waals surface area contributed by atoms with Crippen LogP contribution in [0.2, 0.25) is 0 Å². The molecule has 2 aliphatic rings. The molecule has 2 rings (SSSR count). The van der Waals surface area contributed by atoms with E-state index in [1.165, 1.54) is 12.8 Å². The molecule has 2 atom stereocenters. The number of piperidine rings is 1. The monoisotopic (exact) mass is 184 g/mol. The first-order valence-corrected chi connectivity index (χ1v) is 4.98. The first kappa shape index (κ1) is 8.81. The number of hydrogen-bond donors (Lipinski definition) is 2. The molecule has 2 heterocycles. The summed E-state index contributed by atoms with van der Waals surface area (Å²) in [4.78, 5) is 10.7. The quantitative estimate of drug-likeness (QED) is 0.656. The number of alkyl carbamates (subject to hydrolysis) is 1. The van der Waals surface area contributed by atoms with Crippen LogP contribution in [0.4, 0.5) is 4.79 Å². The summed E-state index contributed by atoms with van der Waals surface area (Å²) in [6.07, 6.45) is 3.33. The Bertz CT molecular complexity index is 190. The molecule has 0 aromatic rings. The van der Waals surface area contributed by atoms with Gasteiger partial charge in [0.1, 0.15) is 6.61 Å². The lowest BCUT2D eigenvalue weighted by molar-refractivity contribution is 0.175. The van der Waals surface area contributed by atoms with Crippen LogP contribution in [0.3, 0.4) is 0 Å². The molecule has 0 bridgehead atoms. The Morgan fingerprint density at radius 3 is 3.08 bits per heavy atom. The highest BCUT2D eigenvalue weighted by atomic mass is 16.6. The summed E-state index contributed by atoms with van der Waals surface area (Å²) < 4.78 is 4.84. The minimum atomic E-state index is -0.256. The average Bonchev–Trinajstić information content (AvgIpc) is 2.53. The van der Waals surface area contributed by atoms with Crippen LogP contribution >= 0.6 is 0 Å². The van der Waals surface area contributed by atoms with Crippen molar-refractivity contribution >= 4 is 6.09 Å². The van der Waals surface area contributed by atoms with Gasteiger partial charge in [0, 0.05) is 0 Å². The highest BCUT2D eigenvalue weighted by Gasteiger charge is 2.25. The van der Waals surface area contributed by atoms with Crippen LogP contribution in [0.1, 0.15) is 19.3 Å². The van der Waals surface area contributed by atoms with E-state index in [0.29, 0.717) is 12.5 Å². The molecule has 2 saturated heterocycles. The van der Waals surface area contributed by atoms with E-state index in [9.17, 15) is 4.79 Å². The summed E-state index contributed by atoms with van der Waals surface area (Å²) in [6, 6.07) is 0.248. The van der Waals surface area contributed by atoms with E-state index in [2.05, 4.69) is 10.6 Å². The first-order valence-electron chi connectivity index (χ1n) is 4.98. The Labute approximate surface area is 78.0 Å². The fourth-order valence-corrected chi connectivity index (χ4v) is 2.08. The van der Waals surface area contributed by atoms with Gasteiger partial charge in [0.2, 0.25) is 0 Å². The Morgan fingerprint density at radius 2 is 2.46 bits per heavy atom. The number of amides is 1. The number of hydrogen-bond acceptors (Lipinski definition) is 3. The predicted molar refractivity (Wildman–Crippen MR) is 48.5 cm³/mol. The van der Waals surface area contributed by atoms with Crippen molar-refractivity contribution in [2.45, 2.75) is 25.3 Å². The van der Waals surface area contributed by atoms with E-state index in [1.807, 2.05) is 0 Å². The van der Waals surface area contributed by atoms with Crippen molar-refractivity contribution in [3.8, 4) is 0 Å². The lowest BCUT2D eigenvalue weighted by Crippen LogP contribution is -2.35. The normalized spacial score (nSPS) is 34.0. The Morgan fingerprint density at radius 1 is 1.54 bits per heavy atom. The van der Waals surface area contributed by atoms with Crippen molar-refractivity contribution in [3.05, 3.63) is 0 Å². The molecule has 2 N–H and O–H groups in total. The molecule has 0 aromatic heterocycles. The van der Waals surface area contributed by atoms with Gasteiger partial charge in [-0.25, -0.2) is 4.79 Å². The van der Waals surface area contributed by atoms with Crippen LogP contribution in [0.25, 0.3) is 0 Å². The van der Waals surface area contributed by atoms with Crippen molar-refractivity contribution in [1.82, 2.24) is 10.6 Å². The number of rotatable bonds is 2. The van der Waals surface area contributed by atoms with E-state index in [0.717, 1.165) is 19.5 Å². The lowest BCUT2D eigenvalue weighted by Gasteiger charge is -2.24. The zero-order chi connectivity index (χ0) is 9.10. The molecule has 0 saturated carbocycles. The summed E-state index contributed by atoms with van der Waals surface area (Å²) in [5.41, 5.74) is 0. The summed E-state index contributed by atoms with van der Waals surface area (Å²) >= 11 is 0. The second kappa shape index (κ2) is 3.96. The average molecular weight is 184 g/mol. The molecule has 1 amide bonds. The molecule has 4 heteroatoms. The largest absolute Gasteiger partial charge is 0.447 e. The summed E-state index contributed by atoms with van der Waals surface area (Å²) in [5.74, 6) is 0.709. The van der Waals surface area contributed by atoms with Crippen LogP contribution in [0, 0.1) is 5.92 Å². The number of carbonyl (C=O) groups is 1. The molecule has 0 spiro atoms. The second-order valence-corrected chi connectivity index (χ2v) is 3.89. The smallest absolute Gasteiger partial charge is 0.407 e. The van der Waals surface area contributed by atoms with Gasteiger partial charge in [0.05, 0.1) is 6.04 Å². The SMILES string of the molecule is O=C1NC(CC2CCCNC2)CO1. The fraction of sp³-hybridized carbons (Fsp3) is 0.889. The van der Waals surface area contributed by atoms with E-state index in [4.69, 9.17) is 4.74 Å². The number of nitrogens with one attached hydrogen (secondary N) is 2. The maximum Gasteiger partial charge on any atom is 0.407 e. The highest BCUT2D eigenvalue weighted by Crippen LogP contribution is 2.17. The van der Waals surface area contributed by atoms with Gasteiger partial charge in [-0.2, -0.15) is 0 Å². The zero-order valence-electron chi connectivity index (χ0n) is 7.71. The fourth-order valence-electron chi connectivity index (χ4n) is 2.08. The lowest BCUT2D eigenvalue weighted by atomic mass is 9.93. The van der Waals surface area contributed by atoms with Crippen LogP contribution in [-0.4, -0.2) is 31.8 Å². The van der Waals surface area contributed by atoms with E-state index < -0.39 is 0 Å². The van der Waals surface area contributed by atoms with Gasteiger partial charge in [-0.3, -0.25) is 0 Å². The van der Waals surface area contributed by atoms with Gasteiger partial charge in [-0.15, -0.1) is 0 Å². The topological polar surface area (TPSA) is 50.4 Å². The van der Waals surface area contributed by atoms with Gasteiger partial charge in [-0.1, -0.05) is 0 Å². The Hall–Kier alpha value is -0.770. The van der Waals surface area contributed by atoms with Crippen molar-refractivity contribution < 1.29 is 9.53 Å². The van der Waals surface area contributed by atoms with E-state index in [-0.39, 0.29) is 12.1 Å². The van der Waals surface area contributed by atoms with E-state index in [1.54, 1.807) is 0 Å². The summed E-state index contributed by atoms with van der Waals surface area (Å²) in [7, 11) is 0. The standard InChI is InChI=1S/C9H16N2O2/c12-9-11-8(6-13-9)4-7-2-1-3-10-5-7/h7-8,10H,1-6H2,(H,11,12). The zero-order valence-corrected chi connectivity index (χ0v) is 7.71. The molecule has 74 valence electrons. The van der Waals surface area contributed by atoms with Crippen molar-refractivity contribution in [1.29, 1.82) is 0 Å². The van der Waals surface area contributed by atoms with Gasteiger partial charge < -0.3 is 15.4 Å². The Balaban J connectivity index is 1.73. The minimum absolute atomic E-state index is 0.248. The summed E-state index contributed by atoms with van der Waals surface area (Å²) in [6.45, 7) is 2.78. The second-order valence-electron chi connectivity index (χ2n) is 3.89. The van der Waals surface area contributed by atoms with Crippen molar-refractivity contribution in [2.24, 2.45) is 5.92 Å². The van der Waals surface area contributed by atoms with Gasteiger partial charge >= 0.3 is 6.09 Å². The van der Waals surface area contributed by atoms with Gasteiger partial charge in [-0.05, 0) is 38.3 Å². The molecular formula is C9H16N2O2. The molecule has 4 nitrogen and oxygen atoms in total. The molecule has 2 fully saturated rings. The van der Waals surface area contributed by atoms with Crippen LogP contribution in [0.5, 0.6) is 0 Å². The predicted octanol–water partition coefficient (Wildman–Crippen LogP) is 0.484.